The van der Waals surface area contributed by atoms with Crippen molar-refractivity contribution in [1.82, 2.24) is 4.90 Å². The third kappa shape index (κ3) is 6.24. The second-order valence-electron chi connectivity index (χ2n) is 6.16. The van der Waals surface area contributed by atoms with Crippen molar-refractivity contribution < 1.29 is 4.79 Å². The summed E-state index contributed by atoms with van der Waals surface area (Å²) < 4.78 is 1.43. The molecule has 0 spiro atoms. The first-order chi connectivity index (χ1) is 10.8. The summed E-state index contributed by atoms with van der Waals surface area (Å²) in [6, 6.07) is 8.41. The molecule has 22 heavy (non-hydrogen) atoms. The molecule has 1 aliphatic heterocycles. The van der Waals surface area contributed by atoms with Crippen LogP contribution in [0.25, 0.3) is 0 Å². The van der Waals surface area contributed by atoms with E-state index in [-0.39, 0.29) is 0 Å². The zero-order chi connectivity index (χ0) is 15.6. The number of hydrogen-bond donors (Lipinski definition) is 0. The van der Waals surface area contributed by atoms with Gasteiger partial charge in [-0.25, -0.2) is 0 Å². The summed E-state index contributed by atoms with van der Waals surface area (Å²) in [6.45, 7) is 5.53. The summed E-state index contributed by atoms with van der Waals surface area (Å²) in [5, 5.41) is 1.32. The van der Waals surface area contributed by atoms with E-state index in [0.717, 1.165) is 12.1 Å². The van der Waals surface area contributed by atoms with Crippen molar-refractivity contribution in [3.8, 4) is 0 Å². The quantitative estimate of drug-likeness (QED) is 0.377. The second-order valence-corrected chi connectivity index (χ2v) is 8.61. The average molecular weight is 366 g/mol. The summed E-state index contributed by atoms with van der Waals surface area (Å²) in [5.41, 5.74) is 0.894. The average Bonchev–Trinajstić information content (AvgIpc) is 2.58. The summed E-state index contributed by atoms with van der Waals surface area (Å²) in [5.74, 6) is 0.301. The zero-order valence-electron chi connectivity index (χ0n) is 13.9. The Kier molecular flexibility index (Phi) is 8.22. The molecule has 0 radical (unpaired) electrons. The van der Waals surface area contributed by atoms with Gasteiger partial charge >= 0.3 is 142 Å². The van der Waals surface area contributed by atoms with Crippen molar-refractivity contribution in [2.24, 2.45) is 0 Å². The number of carbonyl (C=O) groups is 1. The Morgan fingerprint density at radius 1 is 1.09 bits per heavy atom. The van der Waals surface area contributed by atoms with Gasteiger partial charge in [0.1, 0.15) is 0 Å². The number of benzene rings is 1. The number of piperidine rings is 1. The standard InChI is InChI=1S/C19H29NOSe/c1-2-3-7-16-22-18-10-8-17(9-11-18)19(21)12-15-20-13-5-4-6-14-20/h8-11H,2-7,12-16H2,1H3. The van der Waals surface area contributed by atoms with Crippen molar-refractivity contribution in [3.63, 3.8) is 0 Å². The monoisotopic (exact) mass is 367 g/mol. The van der Waals surface area contributed by atoms with Crippen LogP contribution < -0.4 is 4.46 Å². The molecule has 0 bridgehead atoms. The fourth-order valence-corrected chi connectivity index (χ4v) is 4.78. The molecule has 2 rings (SSSR count). The topological polar surface area (TPSA) is 20.3 Å². The van der Waals surface area contributed by atoms with Gasteiger partial charge < -0.3 is 0 Å². The summed E-state index contributed by atoms with van der Waals surface area (Å²) >= 11 is 0.574. The van der Waals surface area contributed by atoms with Crippen LogP contribution in [0, 0.1) is 0 Å². The number of Topliss-reactive ketones (excluding diaryl/α,β-unsaturated/α-hetero) is 1. The molecule has 3 heteroatoms. The molecule has 1 heterocycles. The van der Waals surface area contributed by atoms with Gasteiger partial charge in [-0.15, -0.1) is 0 Å². The van der Waals surface area contributed by atoms with Crippen LogP contribution >= 0.6 is 0 Å². The Bertz CT molecular complexity index is 437. The molecule has 2 nitrogen and oxygen atoms in total. The number of ketones is 1. The van der Waals surface area contributed by atoms with Crippen LogP contribution in [0.15, 0.2) is 24.3 Å². The van der Waals surface area contributed by atoms with E-state index in [2.05, 4.69) is 24.0 Å². The Labute approximate surface area is 141 Å². The minimum atomic E-state index is 0.301. The van der Waals surface area contributed by atoms with Gasteiger partial charge in [0, 0.05) is 0 Å². The van der Waals surface area contributed by atoms with Crippen molar-refractivity contribution in [2.75, 3.05) is 19.6 Å². The van der Waals surface area contributed by atoms with Gasteiger partial charge in [0.25, 0.3) is 0 Å². The molecule has 1 saturated heterocycles. The number of carbonyl (C=O) groups excluding carboxylic acids is 1. The van der Waals surface area contributed by atoms with E-state index in [1.807, 2.05) is 12.1 Å². The summed E-state index contributed by atoms with van der Waals surface area (Å²) in [4.78, 5) is 14.7. The number of unbranched alkanes of at least 4 members (excludes halogenated alkanes) is 2. The van der Waals surface area contributed by atoms with Gasteiger partial charge in [0.15, 0.2) is 0 Å². The van der Waals surface area contributed by atoms with Crippen molar-refractivity contribution in [1.29, 1.82) is 0 Å². The molecule has 1 aliphatic rings. The molecule has 0 unspecified atom stereocenters. The van der Waals surface area contributed by atoms with Gasteiger partial charge in [-0.3, -0.25) is 0 Å². The van der Waals surface area contributed by atoms with E-state index < -0.39 is 0 Å². The van der Waals surface area contributed by atoms with Crippen LogP contribution in [-0.4, -0.2) is 45.3 Å². The number of hydrogen-bond acceptors (Lipinski definition) is 2. The molecular formula is C19H29NOSe. The van der Waals surface area contributed by atoms with E-state index in [1.54, 1.807) is 0 Å². The van der Waals surface area contributed by atoms with Crippen LogP contribution in [-0.2, 0) is 0 Å². The maximum absolute atomic E-state index is 12.3. The Morgan fingerprint density at radius 3 is 2.50 bits per heavy atom. The van der Waals surface area contributed by atoms with E-state index >= 15 is 0 Å². The first kappa shape index (κ1) is 17.7. The van der Waals surface area contributed by atoms with Crippen LogP contribution in [0.3, 0.4) is 0 Å². The van der Waals surface area contributed by atoms with Gasteiger partial charge in [-0.1, -0.05) is 0 Å². The first-order valence-electron chi connectivity index (χ1n) is 8.78. The van der Waals surface area contributed by atoms with Gasteiger partial charge in [-0.05, 0) is 0 Å². The molecule has 122 valence electrons. The van der Waals surface area contributed by atoms with Crippen LogP contribution in [0.4, 0.5) is 0 Å². The van der Waals surface area contributed by atoms with E-state index in [9.17, 15) is 4.79 Å². The maximum atomic E-state index is 12.3. The number of nitrogens with zero attached hydrogens (tertiary/aromatic N) is 1. The SMILES string of the molecule is CCCCC[Se]c1ccc(C(=O)CCN2CCCCC2)cc1. The molecule has 0 aliphatic carbocycles. The molecule has 0 atom stereocenters. The van der Waals surface area contributed by atoms with E-state index in [0.29, 0.717) is 27.2 Å². The predicted octanol–water partition coefficient (Wildman–Crippen LogP) is 3.68. The molecule has 0 amide bonds. The molecule has 1 aromatic rings. The fourth-order valence-electron chi connectivity index (χ4n) is 2.87. The Hall–Kier alpha value is -0.631. The van der Waals surface area contributed by atoms with Gasteiger partial charge in [0.05, 0.1) is 0 Å². The fraction of sp³-hybridized carbons (Fsp3) is 0.632. The third-order valence-electron chi connectivity index (χ3n) is 4.30. The molecule has 0 aromatic heterocycles. The van der Waals surface area contributed by atoms with Gasteiger partial charge in [-0.2, -0.15) is 0 Å². The second kappa shape index (κ2) is 10.2. The Morgan fingerprint density at radius 2 is 1.82 bits per heavy atom. The molecule has 1 aromatic carbocycles. The Balaban J connectivity index is 1.73. The summed E-state index contributed by atoms with van der Waals surface area (Å²) in [6.07, 6.45) is 8.58. The molecule has 0 saturated carbocycles. The van der Waals surface area contributed by atoms with Crippen LogP contribution in [0.2, 0.25) is 5.32 Å². The predicted molar refractivity (Wildman–Crippen MR) is 95.4 cm³/mol. The summed E-state index contributed by atoms with van der Waals surface area (Å²) in [7, 11) is 0. The molecule has 0 N–H and O–H groups in total. The zero-order valence-corrected chi connectivity index (χ0v) is 15.6. The normalized spacial score (nSPS) is 15.9. The number of rotatable bonds is 9. The minimum absolute atomic E-state index is 0.301. The van der Waals surface area contributed by atoms with E-state index in [1.165, 1.54) is 61.4 Å². The van der Waals surface area contributed by atoms with Crippen molar-refractivity contribution in [2.45, 2.75) is 57.2 Å². The van der Waals surface area contributed by atoms with Crippen molar-refractivity contribution in [3.05, 3.63) is 29.8 Å². The molecular weight excluding hydrogens is 337 g/mol. The third-order valence-corrected chi connectivity index (χ3v) is 6.60. The van der Waals surface area contributed by atoms with E-state index in [4.69, 9.17) is 0 Å². The van der Waals surface area contributed by atoms with Crippen LogP contribution in [0.1, 0.15) is 62.2 Å². The molecule has 1 fully saturated rings. The van der Waals surface area contributed by atoms with Gasteiger partial charge in [0.2, 0.25) is 0 Å². The number of likely N-dealkylation sites (tertiary alicyclic amines) is 1. The first-order valence-corrected chi connectivity index (χ1v) is 10.8. The van der Waals surface area contributed by atoms with Crippen LogP contribution in [0.5, 0.6) is 0 Å². The van der Waals surface area contributed by atoms with Crippen molar-refractivity contribution >= 4 is 25.2 Å².